The van der Waals surface area contributed by atoms with Crippen molar-refractivity contribution >= 4 is 28.1 Å². The molecular weight excluding hydrogens is 514 g/mol. The number of anilines is 1. The number of aromatic amines is 1. The number of amides is 1. The summed E-state index contributed by atoms with van der Waals surface area (Å²) in [5.41, 5.74) is 8.70. The molecule has 1 fully saturated rings. The van der Waals surface area contributed by atoms with Gasteiger partial charge in [-0.15, -0.1) is 4.52 Å². The summed E-state index contributed by atoms with van der Waals surface area (Å²) >= 11 is 0. The molecule has 2 aromatic carbocycles. The minimum atomic E-state index is -0.535. The van der Waals surface area contributed by atoms with E-state index in [1.807, 2.05) is 61.5 Å². The summed E-state index contributed by atoms with van der Waals surface area (Å²) in [5.74, 6) is 6.90. The molecule has 206 valence electrons. The van der Waals surface area contributed by atoms with Gasteiger partial charge in [-0.3, -0.25) is 14.2 Å². The molecule has 1 unspecified atom stereocenters. The molecule has 3 aromatic heterocycles. The number of para-hydroxylation sites is 1. The van der Waals surface area contributed by atoms with E-state index in [1.54, 1.807) is 27.5 Å². The van der Waals surface area contributed by atoms with Gasteiger partial charge in [0.25, 0.3) is 11.5 Å². The van der Waals surface area contributed by atoms with Crippen molar-refractivity contribution < 1.29 is 9.31 Å². The Labute approximate surface area is 237 Å². The van der Waals surface area contributed by atoms with Crippen molar-refractivity contribution in [3.05, 3.63) is 100 Å². The zero-order valence-corrected chi connectivity index (χ0v) is 23.1. The molecule has 0 bridgehead atoms. The summed E-state index contributed by atoms with van der Waals surface area (Å²) in [6.45, 7) is 3.91. The maximum absolute atomic E-state index is 14.2. The van der Waals surface area contributed by atoms with E-state index in [2.05, 4.69) is 39.2 Å². The zero-order chi connectivity index (χ0) is 28.5. The minimum Gasteiger partial charge on any atom is -0.382 e. The van der Waals surface area contributed by atoms with Gasteiger partial charge in [0.05, 0.1) is 11.4 Å². The van der Waals surface area contributed by atoms with Gasteiger partial charge in [-0.25, -0.2) is 5.10 Å². The van der Waals surface area contributed by atoms with Gasteiger partial charge in [0.1, 0.15) is 12.4 Å². The van der Waals surface area contributed by atoms with Gasteiger partial charge in [-0.2, -0.15) is 0 Å². The molecule has 1 aliphatic rings. The van der Waals surface area contributed by atoms with E-state index in [0.29, 0.717) is 33.9 Å². The van der Waals surface area contributed by atoms with E-state index in [4.69, 9.17) is 5.73 Å². The van der Waals surface area contributed by atoms with Crippen LogP contribution in [-0.2, 0) is 0 Å². The summed E-state index contributed by atoms with van der Waals surface area (Å²) in [5, 5.41) is 7.32. The highest BCUT2D eigenvalue weighted by Crippen LogP contribution is 2.24. The van der Waals surface area contributed by atoms with Gasteiger partial charge >= 0.3 is 5.65 Å². The highest BCUT2D eigenvalue weighted by atomic mass is 16.2. The molecule has 0 radical (unpaired) electrons. The first kappa shape index (κ1) is 26.3. The lowest BCUT2D eigenvalue weighted by Gasteiger charge is -2.25. The molecule has 0 aliphatic carbocycles. The fourth-order valence-corrected chi connectivity index (χ4v) is 5.50. The van der Waals surface area contributed by atoms with Crippen molar-refractivity contribution in [1.29, 1.82) is 0 Å². The number of pyridine rings is 1. The van der Waals surface area contributed by atoms with Crippen LogP contribution in [0.4, 0.5) is 5.82 Å². The van der Waals surface area contributed by atoms with Crippen molar-refractivity contribution in [3.8, 4) is 17.5 Å². The highest BCUT2D eigenvalue weighted by Gasteiger charge is 2.27. The smallest absolute Gasteiger partial charge is 0.362 e. The normalized spacial score (nSPS) is 15.0. The molecule has 4 heterocycles. The summed E-state index contributed by atoms with van der Waals surface area (Å²) in [4.78, 5) is 34.3. The average Bonchev–Trinajstić information content (AvgIpc) is 3.32. The second kappa shape index (κ2) is 10.9. The number of fused-ring (bicyclic) bond motifs is 2. The number of likely N-dealkylation sites (tertiary alicyclic amines) is 1. The summed E-state index contributed by atoms with van der Waals surface area (Å²) in [6.07, 6.45) is 5.40. The molecular formula is C32H32N7O2+. The number of benzene rings is 2. The molecule has 0 saturated carbocycles. The number of carbonyl (C=O) groups excluding carboxylic acids is 1. The second-order valence-corrected chi connectivity index (χ2v) is 10.6. The Bertz CT molecular complexity index is 1870. The van der Waals surface area contributed by atoms with E-state index in [1.165, 1.54) is 0 Å². The molecule has 1 amide bonds. The van der Waals surface area contributed by atoms with E-state index in [9.17, 15) is 9.59 Å². The van der Waals surface area contributed by atoms with E-state index in [-0.39, 0.29) is 16.9 Å². The van der Waals surface area contributed by atoms with Crippen LogP contribution in [0.25, 0.3) is 22.1 Å². The van der Waals surface area contributed by atoms with Gasteiger partial charge in [0, 0.05) is 28.9 Å². The lowest BCUT2D eigenvalue weighted by molar-refractivity contribution is -0.577. The van der Waals surface area contributed by atoms with Crippen LogP contribution in [0.3, 0.4) is 0 Å². The van der Waals surface area contributed by atoms with E-state index in [0.717, 1.165) is 31.3 Å². The Kier molecular flexibility index (Phi) is 7.00. The molecule has 1 aliphatic heterocycles. The largest absolute Gasteiger partial charge is 0.382 e. The number of H-pyrrole nitrogens is 1. The van der Waals surface area contributed by atoms with Crippen LogP contribution >= 0.6 is 0 Å². The first-order valence-corrected chi connectivity index (χ1v) is 13.8. The Morgan fingerprint density at radius 3 is 2.71 bits per heavy atom. The molecule has 0 spiro atoms. The van der Waals surface area contributed by atoms with Gasteiger partial charge < -0.3 is 16.0 Å². The zero-order valence-electron chi connectivity index (χ0n) is 23.1. The van der Waals surface area contributed by atoms with Crippen molar-refractivity contribution in [2.24, 2.45) is 5.92 Å². The minimum absolute atomic E-state index is 0.179. The summed E-state index contributed by atoms with van der Waals surface area (Å²) in [7, 11) is 2.13. The predicted molar refractivity (Wildman–Crippen MR) is 159 cm³/mol. The Morgan fingerprint density at radius 1 is 1.15 bits per heavy atom. The maximum atomic E-state index is 14.2. The number of carbonyl (C=O) groups is 1. The molecule has 41 heavy (non-hydrogen) atoms. The van der Waals surface area contributed by atoms with Crippen LogP contribution in [0.5, 0.6) is 0 Å². The van der Waals surface area contributed by atoms with Gasteiger partial charge in [-0.05, 0) is 74.5 Å². The number of aromatic nitrogens is 4. The molecule has 1 saturated heterocycles. The number of hydrogen-bond donors (Lipinski definition) is 3. The Hall–Kier alpha value is -4.94. The van der Waals surface area contributed by atoms with Gasteiger partial charge in [0.2, 0.25) is 0 Å². The van der Waals surface area contributed by atoms with Gasteiger partial charge in [-0.1, -0.05) is 42.2 Å². The summed E-state index contributed by atoms with van der Waals surface area (Å²) < 4.78 is 3.26. The van der Waals surface area contributed by atoms with E-state index < -0.39 is 11.9 Å². The lowest BCUT2D eigenvalue weighted by Crippen LogP contribution is -2.33. The number of nitrogens with zero attached hydrogens (tertiary/aromatic N) is 4. The SMILES string of the molecule is CC(NC(=O)c1c(N)[nH][n+]2cccnc12)c1cc2cccc(C#CC3CCN(C)CC3)c2c(=O)n1-c1ccccc1. The number of rotatable bonds is 4. The Balaban J connectivity index is 1.43. The molecule has 9 heteroatoms. The van der Waals surface area contributed by atoms with E-state index >= 15 is 0 Å². The predicted octanol–water partition coefficient (Wildman–Crippen LogP) is 3.22. The number of nitrogen functional groups attached to an aromatic ring is 1. The van der Waals surface area contributed by atoms with Crippen LogP contribution in [0, 0.1) is 17.8 Å². The third kappa shape index (κ3) is 5.06. The second-order valence-electron chi connectivity index (χ2n) is 10.6. The first-order chi connectivity index (χ1) is 19.9. The fourth-order valence-electron chi connectivity index (χ4n) is 5.50. The summed E-state index contributed by atoms with van der Waals surface area (Å²) in [6, 6.07) is 18.4. The lowest BCUT2D eigenvalue weighted by atomic mass is 9.96. The van der Waals surface area contributed by atoms with Crippen LogP contribution in [0.2, 0.25) is 0 Å². The standard InChI is InChI=1S/C32H31N7O2/c1-21(35-31(40)28-29(33)36-38-17-7-16-34-30(28)38)26-20-24-9-6-8-23(13-12-22-14-18-37(2)19-15-22)27(24)32(41)39(26)25-10-4-3-5-11-25/h3-11,16-17,20-22H,14-15,18-19H2,1-2H3,(H3,33,35,36,40)/p+1. The van der Waals surface area contributed by atoms with Gasteiger partial charge in [0.15, 0.2) is 11.4 Å². The quantitative estimate of drug-likeness (QED) is 0.237. The molecule has 9 nitrogen and oxygen atoms in total. The highest BCUT2D eigenvalue weighted by molar-refractivity contribution is 6.03. The van der Waals surface area contributed by atoms with Crippen LogP contribution in [0.1, 0.15) is 47.4 Å². The molecule has 5 aromatic rings. The maximum Gasteiger partial charge on any atom is 0.362 e. The number of piperidine rings is 1. The topological polar surface area (TPSA) is 113 Å². The van der Waals surface area contributed by atoms with Crippen LogP contribution in [-0.4, -0.2) is 45.6 Å². The third-order valence-electron chi connectivity index (χ3n) is 7.72. The fraction of sp³-hybridized carbons (Fsp3) is 0.250. The van der Waals surface area contributed by atoms with Crippen molar-refractivity contribution in [2.75, 3.05) is 25.9 Å². The average molecular weight is 547 g/mol. The van der Waals surface area contributed by atoms with Crippen molar-refractivity contribution in [2.45, 2.75) is 25.8 Å². The molecule has 4 N–H and O–H groups in total. The molecule has 6 rings (SSSR count). The first-order valence-electron chi connectivity index (χ1n) is 13.8. The number of nitrogens with one attached hydrogen (secondary N) is 2. The van der Waals surface area contributed by atoms with Crippen LogP contribution < -0.4 is 21.1 Å². The Morgan fingerprint density at radius 2 is 1.93 bits per heavy atom. The van der Waals surface area contributed by atoms with Crippen molar-refractivity contribution in [1.82, 2.24) is 24.9 Å². The third-order valence-corrected chi connectivity index (χ3v) is 7.72. The molecule has 1 atom stereocenters. The number of hydrogen-bond acceptors (Lipinski definition) is 5. The monoisotopic (exact) mass is 546 g/mol. The number of nitrogens with two attached hydrogens (primary N) is 1. The van der Waals surface area contributed by atoms with Crippen LogP contribution in [0.15, 0.2) is 77.9 Å². The van der Waals surface area contributed by atoms with Crippen molar-refractivity contribution in [3.63, 3.8) is 0 Å².